The lowest BCUT2D eigenvalue weighted by molar-refractivity contribution is 0.0977. The van der Waals surface area contributed by atoms with Gasteiger partial charge < -0.3 is 5.32 Å². The second-order valence-corrected chi connectivity index (χ2v) is 8.00. The summed E-state index contributed by atoms with van der Waals surface area (Å²) in [5.74, 6) is 0.224. The second kappa shape index (κ2) is 11.2. The number of guanidine groups is 1. The number of aliphatic imine (C=N–C) groups is 1. The first-order valence-corrected chi connectivity index (χ1v) is 11.1. The topological polar surface area (TPSA) is 69.6 Å². The number of hydrogen-bond donors (Lipinski definition) is 2. The number of hydrogen-bond acceptors (Lipinski definition) is 4. The van der Waals surface area contributed by atoms with Gasteiger partial charge in [0.25, 0.3) is 5.91 Å². The summed E-state index contributed by atoms with van der Waals surface area (Å²) in [6, 6.07) is 21.4. The largest absolute Gasteiger partial charge is 0.326 e. The van der Waals surface area contributed by atoms with Gasteiger partial charge in [-0.2, -0.15) is 0 Å². The number of nitrogens with zero attached hydrogens (tertiary/aromatic N) is 3. The molecule has 0 atom stereocenters. The summed E-state index contributed by atoms with van der Waals surface area (Å²) in [6.07, 6.45) is 7.35. The molecule has 0 unspecified atom stereocenters. The number of likely N-dealkylation sites (tertiary alicyclic amines) is 1. The monoisotopic (exact) mass is 427 g/mol. The lowest BCUT2D eigenvalue weighted by Gasteiger charge is -2.26. The second-order valence-electron chi connectivity index (χ2n) is 8.00. The first-order valence-electron chi connectivity index (χ1n) is 11.1. The lowest BCUT2D eigenvalue weighted by Crippen LogP contribution is -2.36. The number of para-hydroxylation sites is 1. The maximum Gasteiger partial charge on any atom is 0.257 e. The molecule has 0 aliphatic carbocycles. The van der Waals surface area contributed by atoms with E-state index in [1.54, 1.807) is 12.4 Å². The summed E-state index contributed by atoms with van der Waals surface area (Å²) in [7, 11) is 0. The summed E-state index contributed by atoms with van der Waals surface area (Å²) in [6.45, 7) is 3.69. The van der Waals surface area contributed by atoms with Crippen molar-refractivity contribution in [3.8, 4) is 0 Å². The molecule has 0 spiro atoms. The molecule has 6 heteroatoms. The van der Waals surface area contributed by atoms with Crippen molar-refractivity contribution < 1.29 is 4.79 Å². The molecule has 0 radical (unpaired) electrons. The van der Waals surface area contributed by atoms with Gasteiger partial charge in [0.05, 0.1) is 6.54 Å². The van der Waals surface area contributed by atoms with Crippen LogP contribution < -0.4 is 10.6 Å². The zero-order chi connectivity index (χ0) is 22.0. The molecule has 1 aromatic heterocycles. The first-order chi connectivity index (χ1) is 15.8. The number of rotatable bonds is 6. The first kappa shape index (κ1) is 21.7. The van der Waals surface area contributed by atoms with Gasteiger partial charge in [-0.1, -0.05) is 36.8 Å². The van der Waals surface area contributed by atoms with Gasteiger partial charge in [-0.3, -0.25) is 20.0 Å². The van der Waals surface area contributed by atoms with E-state index in [4.69, 9.17) is 0 Å². The molecule has 32 heavy (non-hydrogen) atoms. The van der Waals surface area contributed by atoms with Gasteiger partial charge in [-0.05, 0) is 73.5 Å². The van der Waals surface area contributed by atoms with E-state index in [1.807, 2.05) is 66.7 Å². The molecule has 1 aliphatic rings. The lowest BCUT2D eigenvalue weighted by atomic mass is 10.1. The van der Waals surface area contributed by atoms with Crippen LogP contribution in [0.3, 0.4) is 0 Å². The zero-order valence-corrected chi connectivity index (χ0v) is 18.2. The summed E-state index contributed by atoms with van der Waals surface area (Å²) >= 11 is 0. The van der Waals surface area contributed by atoms with Crippen molar-refractivity contribution in [3.05, 3.63) is 95.8 Å². The van der Waals surface area contributed by atoms with E-state index in [0.29, 0.717) is 18.1 Å². The number of aromatic nitrogens is 1. The highest BCUT2D eigenvalue weighted by Gasteiger charge is 2.12. The van der Waals surface area contributed by atoms with Crippen molar-refractivity contribution in [2.45, 2.75) is 32.4 Å². The van der Waals surface area contributed by atoms with E-state index in [-0.39, 0.29) is 5.91 Å². The van der Waals surface area contributed by atoms with Crippen molar-refractivity contribution in [2.24, 2.45) is 4.99 Å². The Balaban J connectivity index is 1.42. The Kier molecular flexibility index (Phi) is 7.60. The minimum Gasteiger partial charge on any atom is -0.326 e. The van der Waals surface area contributed by atoms with Crippen LogP contribution in [0, 0.1) is 0 Å². The minimum atomic E-state index is -0.188. The number of carbonyl (C=O) groups excluding carboxylic acids is 1. The molecule has 1 aliphatic heterocycles. The van der Waals surface area contributed by atoms with Gasteiger partial charge in [-0.25, -0.2) is 4.99 Å². The maximum absolute atomic E-state index is 12.9. The van der Waals surface area contributed by atoms with Crippen LogP contribution >= 0.6 is 0 Å². The summed E-state index contributed by atoms with van der Waals surface area (Å²) < 4.78 is 0. The Hall–Kier alpha value is -3.51. The van der Waals surface area contributed by atoms with Crippen LogP contribution in [0.15, 0.2) is 84.1 Å². The highest BCUT2D eigenvalue weighted by molar-refractivity contribution is 6.09. The SMILES string of the molecule is O=C(NC(=NCc1ccncc1)Nc1ccccc1)c1ccc(CN2CCCCC2)cc1. The van der Waals surface area contributed by atoms with Crippen LogP contribution in [0.2, 0.25) is 0 Å². The third-order valence-corrected chi connectivity index (χ3v) is 5.51. The quantitative estimate of drug-likeness (QED) is 0.450. The molecule has 1 amide bonds. The van der Waals surface area contributed by atoms with Gasteiger partial charge in [0, 0.05) is 30.2 Å². The van der Waals surface area contributed by atoms with Crippen molar-refractivity contribution in [2.75, 3.05) is 18.4 Å². The van der Waals surface area contributed by atoms with Crippen molar-refractivity contribution in [3.63, 3.8) is 0 Å². The standard InChI is InChI=1S/C26H29N5O/c32-25(23-11-9-22(10-12-23)20-31-17-5-2-6-18-31)30-26(29-24-7-3-1-4-8-24)28-19-21-13-15-27-16-14-21/h1,3-4,7-16H,2,5-6,17-20H2,(H2,28,29,30,32). The Labute approximate surface area is 189 Å². The van der Waals surface area contributed by atoms with Gasteiger partial charge in [-0.15, -0.1) is 0 Å². The summed E-state index contributed by atoms with van der Waals surface area (Å²) in [4.78, 5) is 24.0. The van der Waals surface area contributed by atoms with Crippen molar-refractivity contribution in [1.29, 1.82) is 0 Å². The molecule has 6 nitrogen and oxygen atoms in total. The van der Waals surface area contributed by atoms with Gasteiger partial charge in [0.1, 0.15) is 0 Å². The Morgan fingerprint density at radius 3 is 2.31 bits per heavy atom. The van der Waals surface area contributed by atoms with Crippen molar-refractivity contribution >= 4 is 17.6 Å². The Bertz CT molecular complexity index is 1010. The summed E-state index contributed by atoms with van der Waals surface area (Å²) in [5.41, 5.74) is 3.72. The number of benzene rings is 2. The van der Waals surface area contributed by atoms with Crippen LogP contribution in [0.25, 0.3) is 0 Å². The fourth-order valence-corrected chi connectivity index (χ4v) is 3.74. The molecule has 1 fully saturated rings. The molecular weight excluding hydrogens is 398 g/mol. The molecule has 3 aromatic rings. The van der Waals surface area contributed by atoms with Crippen LogP contribution in [0.5, 0.6) is 0 Å². The number of anilines is 1. The third-order valence-electron chi connectivity index (χ3n) is 5.51. The average molecular weight is 428 g/mol. The summed E-state index contributed by atoms with van der Waals surface area (Å²) in [5, 5.41) is 6.14. The van der Waals surface area contributed by atoms with Gasteiger partial charge in [0.2, 0.25) is 5.96 Å². The van der Waals surface area contributed by atoms with Gasteiger partial charge in [0.15, 0.2) is 0 Å². The van der Waals surface area contributed by atoms with Gasteiger partial charge >= 0.3 is 0 Å². The number of pyridine rings is 1. The predicted octanol–water partition coefficient (Wildman–Crippen LogP) is 4.47. The molecule has 2 aromatic carbocycles. The normalized spacial score (nSPS) is 14.7. The molecule has 4 rings (SSSR count). The number of piperidine rings is 1. The third kappa shape index (κ3) is 6.49. The van der Waals surface area contributed by atoms with Crippen LogP contribution in [-0.2, 0) is 13.1 Å². The fraction of sp³-hybridized carbons (Fsp3) is 0.269. The average Bonchev–Trinajstić information content (AvgIpc) is 2.85. The molecule has 2 N–H and O–H groups in total. The van der Waals surface area contributed by atoms with E-state index in [2.05, 4.69) is 25.5 Å². The molecule has 164 valence electrons. The number of amides is 1. The minimum absolute atomic E-state index is 0.188. The highest BCUT2D eigenvalue weighted by Crippen LogP contribution is 2.14. The van der Waals surface area contributed by atoms with E-state index < -0.39 is 0 Å². The maximum atomic E-state index is 12.9. The van der Waals surface area contributed by atoms with Crippen LogP contribution in [0.4, 0.5) is 5.69 Å². The predicted molar refractivity (Wildman–Crippen MR) is 128 cm³/mol. The highest BCUT2D eigenvalue weighted by atomic mass is 16.1. The zero-order valence-electron chi connectivity index (χ0n) is 18.2. The van der Waals surface area contributed by atoms with E-state index in [1.165, 1.54) is 24.8 Å². The molecule has 1 saturated heterocycles. The van der Waals surface area contributed by atoms with E-state index in [0.717, 1.165) is 30.9 Å². The Morgan fingerprint density at radius 2 is 1.59 bits per heavy atom. The van der Waals surface area contributed by atoms with E-state index >= 15 is 0 Å². The molecule has 2 heterocycles. The molecule has 0 bridgehead atoms. The molecule has 0 saturated carbocycles. The fourth-order valence-electron chi connectivity index (χ4n) is 3.74. The smallest absolute Gasteiger partial charge is 0.257 e. The van der Waals surface area contributed by atoms with Crippen LogP contribution in [0.1, 0.15) is 40.7 Å². The number of carbonyl (C=O) groups is 1. The van der Waals surface area contributed by atoms with Crippen molar-refractivity contribution in [1.82, 2.24) is 15.2 Å². The van der Waals surface area contributed by atoms with Crippen LogP contribution in [-0.4, -0.2) is 34.8 Å². The van der Waals surface area contributed by atoms with E-state index in [9.17, 15) is 4.79 Å². The number of nitrogens with one attached hydrogen (secondary N) is 2. The molecular formula is C26H29N5O. The Morgan fingerprint density at radius 1 is 0.875 bits per heavy atom.